The van der Waals surface area contributed by atoms with Crippen LogP contribution in [0.1, 0.15) is 40.5 Å². The highest BCUT2D eigenvalue weighted by atomic mass is 16.4. The van der Waals surface area contributed by atoms with Crippen LogP contribution < -0.4 is 5.32 Å². The van der Waals surface area contributed by atoms with Crippen molar-refractivity contribution in [3.63, 3.8) is 0 Å². The van der Waals surface area contributed by atoms with Gasteiger partial charge in [-0.3, -0.25) is 4.79 Å². The van der Waals surface area contributed by atoms with Gasteiger partial charge in [0.05, 0.1) is 11.1 Å². The lowest BCUT2D eigenvalue weighted by Crippen LogP contribution is -2.28. The first kappa shape index (κ1) is 11.6. The maximum absolute atomic E-state index is 11.9. The molecule has 0 heterocycles. The molecule has 0 aliphatic heterocycles. The number of carboxylic acid groups (broad SMARTS) is 1. The number of hydrogen-bond donors (Lipinski definition) is 2. The number of carbonyl (C=O) groups is 2. The summed E-state index contributed by atoms with van der Waals surface area (Å²) < 4.78 is 0. The van der Waals surface area contributed by atoms with E-state index in [0.717, 1.165) is 12.8 Å². The number of carboxylic acids is 1. The van der Waals surface area contributed by atoms with Gasteiger partial charge in [-0.25, -0.2) is 4.79 Å². The Bertz CT molecular complexity index is 456. The molecule has 2 unspecified atom stereocenters. The van der Waals surface area contributed by atoms with Crippen molar-refractivity contribution >= 4 is 11.9 Å². The largest absolute Gasteiger partial charge is 0.478 e. The van der Waals surface area contributed by atoms with Gasteiger partial charge >= 0.3 is 5.97 Å². The smallest absolute Gasteiger partial charge is 0.336 e. The molecule has 0 spiro atoms. The van der Waals surface area contributed by atoms with Gasteiger partial charge < -0.3 is 10.4 Å². The van der Waals surface area contributed by atoms with Crippen molar-refractivity contribution in [2.24, 2.45) is 5.92 Å². The van der Waals surface area contributed by atoms with Crippen molar-refractivity contribution in [1.82, 2.24) is 5.32 Å². The molecule has 1 saturated carbocycles. The summed E-state index contributed by atoms with van der Waals surface area (Å²) >= 11 is 0. The average molecular weight is 233 g/mol. The Morgan fingerprint density at radius 3 is 2.53 bits per heavy atom. The SMILES string of the molecule is CCC1CC1NC(=O)c1ccccc1C(=O)O. The van der Waals surface area contributed by atoms with E-state index in [2.05, 4.69) is 12.2 Å². The van der Waals surface area contributed by atoms with Gasteiger partial charge in [-0.15, -0.1) is 0 Å². The van der Waals surface area contributed by atoms with Gasteiger partial charge in [-0.1, -0.05) is 25.5 Å². The highest BCUT2D eigenvalue weighted by Gasteiger charge is 2.36. The van der Waals surface area contributed by atoms with Gasteiger partial charge in [0.1, 0.15) is 0 Å². The fraction of sp³-hybridized carbons (Fsp3) is 0.385. The Hall–Kier alpha value is -1.84. The molecule has 0 aromatic heterocycles. The second-order valence-corrected chi connectivity index (χ2v) is 4.33. The minimum atomic E-state index is -1.07. The van der Waals surface area contributed by atoms with E-state index in [1.165, 1.54) is 6.07 Å². The maximum Gasteiger partial charge on any atom is 0.336 e. The molecule has 4 nitrogen and oxygen atoms in total. The van der Waals surface area contributed by atoms with Gasteiger partial charge in [0, 0.05) is 6.04 Å². The van der Waals surface area contributed by atoms with Crippen molar-refractivity contribution in [2.75, 3.05) is 0 Å². The quantitative estimate of drug-likeness (QED) is 0.834. The molecule has 0 saturated heterocycles. The van der Waals surface area contributed by atoms with E-state index in [9.17, 15) is 9.59 Å². The summed E-state index contributed by atoms with van der Waals surface area (Å²) in [5, 5.41) is 11.8. The van der Waals surface area contributed by atoms with Crippen molar-refractivity contribution in [3.05, 3.63) is 35.4 Å². The summed E-state index contributed by atoms with van der Waals surface area (Å²) in [5.74, 6) is -0.807. The molecule has 1 aromatic rings. The van der Waals surface area contributed by atoms with Gasteiger partial charge in [0.25, 0.3) is 5.91 Å². The Balaban J connectivity index is 2.11. The second-order valence-electron chi connectivity index (χ2n) is 4.33. The fourth-order valence-electron chi connectivity index (χ4n) is 1.99. The predicted octanol–water partition coefficient (Wildman–Crippen LogP) is 1.91. The van der Waals surface area contributed by atoms with Crippen molar-refractivity contribution < 1.29 is 14.7 Å². The standard InChI is InChI=1S/C13H15NO3/c1-2-8-7-11(8)14-12(15)9-5-3-4-6-10(9)13(16)17/h3-6,8,11H,2,7H2,1H3,(H,14,15)(H,16,17). The number of aromatic carboxylic acids is 1. The summed E-state index contributed by atoms with van der Waals surface area (Å²) in [7, 11) is 0. The molecule has 1 fully saturated rings. The van der Waals surface area contributed by atoms with E-state index in [1.807, 2.05) is 0 Å². The van der Waals surface area contributed by atoms with Crippen LogP contribution in [-0.2, 0) is 0 Å². The zero-order chi connectivity index (χ0) is 12.4. The van der Waals surface area contributed by atoms with Crippen molar-refractivity contribution in [3.8, 4) is 0 Å². The van der Waals surface area contributed by atoms with Crippen LogP contribution in [0.2, 0.25) is 0 Å². The molecular weight excluding hydrogens is 218 g/mol. The zero-order valence-electron chi connectivity index (χ0n) is 9.64. The van der Waals surface area contributed by atoms with Crippen molar-refractivity contribution in [1.29, 1.82) is 0 Å². The molecule has 2 atom stereocenters. The second kappa shape index (κ2) is 4.57. The summed E-state index contributed by atoms with van der Waals surface area (Å²) in [6.45, 7) is 2.09. The third-order valence-corrected chi connectivity index (χ3v) is 3.17. The van der Waals surface area contributed by atoms with Crippen molar-refractivity contribution in [2.45, 2.75) is 25.8 Å². The van der Waals surface area contributed by atoms with Gasteiger partial charge in [-0.05, 0) is 24.5 Å². The molecule has 4 heteroatoms. The summed E-state index contributed by atoms with van der Waals surface area (Å²) in [6.07, 6.45) is 2.04. The molecule has 1 aliphatic carbocycles. The van der Waals surface area contributed by atoms with Gasteiger partial charge in [-0.2, -0.15) is 0 Å². The average Bonchev–Trinajstić information content (AvgIpc) is 3.07. The summed E-state index contributed by atoms with van der Waals surface area (Å²) in [6, 6.07) is 6.50. The van der Waals surface area contributed by atoms with Crippen LogP contribution in [-0.4, -0.2) is 23.0 Å². The fourth-order valence-corrected chi connectivity index (χ4v) is 1.99. The lowest BCUT2D eigenvalue weighted by molar-refractivity contribution is 0.0691. The maximum atomic E-state index is 11.9. The van der Waals surface area contributed by atoms with Gasteiger partial charge in [0.15, 0.2) is 0 Å². The molecule has 1 aromatic carbocycles. The normalized spacial score (nSPS) is 21.9. The lowest BCUT2D eigenvalue weighted by Gasteiger charge is -2.06. The Morgan fingerprint density at radius 2 is 2.00 bits per heavy atom. The molecule has 1 amide bonds. The topological polar surface area (TPSA) is 66.4 Å². The first-order valence-electron chi connectivity index (χ1n) is 5.76. The summed E-state index contributed by atoms with van der Waals surface area (Å²) in [5.41, 5.74) is 0.292. The molecule has 2 rings (SSSR count). The molecule has 2 N–H and O–H groups in total. The first-order chi connectivity index (χ1) is 8.13. The molecule has 0 radical (unpaired) electrons. The van der Waals surface area contributed by atoms with E-state index in [4.69, 9.17) is 5.11 Å². The monoisotopic (exact) mass is 233 g/mol. The van der Waals surface area contributed by atoms with Crippen LogP contribution in [0, 0.1) is 5.92 Å². The van der Waals surface area contributed by atoms with Gasteiger partial charge in [0.2, 0.25) is 0 Å². The number of benzene rings is 1. The van der Waals surface area contributed by atoms with E-state index in [1.54, 1.807) is 18.2 Å². The van der Waals surface area contributed by atoms with Crippen LogP contribution in [0.15, 0.2) is 24.3 Å². The third-order valence-electron chi connectivity index (χ3n) is 3.17. The highest BCUT2D eigenvalue weighted by molar-refractivity contribution is 6.04. The molecule has 0 bridgehead atoms. The minimum absolute atomic E-state index is 0.0544. The van der Waals surface area contributed by atoms with Crippen LogP contribution >= 0.6 is 0 Å². The van der Waals surface area contributed by atoms with E-state index < -0.39 is 5.97 Å². The zero-order valence-corrected chi connectivity index (χ0v) is 9.64. The number of nitrogens with one attached hydrogen (secondary N) is 1. The molecular formula is C13H15NO3. The minimum Gasteiger partial charge on any atom is -0.478 e. The Kier molecular flexibility index (Phi) is 3.13. The van der Waals surface area contributed by atoms with Crippen LogP contribution in [0.4, 0.5) is 0 Å². The first-order valence-corrected chi connectivity index (χ1v) is 5.76. The van der Waals surface area contributed by atoms with Crippen LogP contribution in [0.25, 0.3) is 0 Å². The number of carbonyl (C=O) groups excluding carboxylic acids is 1. The van der Waals surface area contributed by atoms with Crippen LogP contribution in [0.3, 0.4) is 0 Å². The molecule has 17 heavy (non-hydrogen) atoms. The molecule has 90 valence electrons. The summed E-state index contributed by atoms with van der Waals surface area (Å²) in [4.78, 5) is 22.9. The molecule has 1 aliphatic rings. The Morgan fingerprint density at radius 1 is 1.35 bits per heavy atom. The van der Waals surface area contributed by atoms with Crippen LogP contribution in [0.5, 0.6) is 0 Å². The third kappa shape index (κ3) is 2.46. The number of rotatable bonds is 4. The predicted molar refractivity (Wildman–Crippen MR) is 63.1 cm³/mol. The highest BCUT2D eigenvalue weighted by Crippen LogP contribution is 2.33. The number of amides is 1. The Labute approximate surface area is 99.6 Å². The van der Waals surface area contributed by atoms with E-state index in [0.29, 0.717) is 5.92 Å². The van der Waals surface area contributed by atoms with E-state index in [-0.39, 0.29) is 23.1 Å². The number of hydrogen-bond acceptors (Lipinski definition) is 2. The van der Waals surface area contributed by atoms with E-state index >= 15 is 0 Å². The lowest BCUT2D eigenvalue weighted by atomic mass is 10.1.